The van der Waals surface area contributed by atoms with Crippen LogP contribution in [-0.4, -0.2) is 0 Å². The number of rotatable bonds is 25. The second-order valence-electron chi connectivity index (χ2n) is 15.0. The van der Waals surface area contributed by atoms with Gasteiger partial charge in [0.15, 0.2) is 0 Å². The third-order valence-electron chi connectivity index (χ3n) is 10.5. The second kappa shape index (κ2) is 23.0. The normalized spacial score (nSPS) is 11.3. The Balaban J connectivity index is 0.983. The molecule has 0 bridgehead atoms. The topological polar surface area (TPSA) is 52.0 Å². The summed E-state index contributed by atoms with van der Waals surface area (Å²) < 4.78 is 0. The Morgan fingerprint density at radius 1 is 0.320 bits per heavy atom. The largest absolute Gasteiger partial charge is 0.399 e. The zero-order chi connectivity index (χ0) is 35.2. The molecule has 0 atom stereocenters. The average Bonchev–Trinajstić information content (AvgIpc) is 3.12. The van der Waals surface area contributed by atoms with Crippen molar-refractivity contribution in [2.45, 2.75) is 155 Å². The van der Waals surface area contributed by atoms with Crippen LogP contribution in [0.25, 0.3) is 0 Å². The van der Waals surface area contributed by atoms with Crippen molar-refractivity contribution in [1.82, 2.24) is 0 Å². The summed E-state index contributed by atoms with van der Waals surface area (Å²) in [5.74, 6) is 0. The molecule has 270 valence electrons. The maximum absolute atomic E-state index is 5.87. The van der Waals surface area contributed by atoms with Gasteiger partial charge in [-0.1, -0.05) is 164 Å². The molecule has 0 aliphatic carbocycles. The van der Waals surface area contributed by atoms with Crippen LogP contribution in [0.2, 0.25) is 0 Å². The van der Waals surface area contributed by atoms with Gasteiger partial charge in [-0.05, 0) is 120 Å². The summed E-state index contributed by atoms with van der Waals surface area (Å²) in [5, 5.41) is 0. The van der Waals surface area contributed by atoms with E-state index in [2.05, 4.69) is 74.5 Å². The molecule has 2 heteroatoms. The Hall–Kier alpha value is -3.52. The first-order valence-corrected chi connectivity index (χ1v) is 20.4. The molecule has 0 amide bonds. The number of anilines is 2. The number of hydrogen-bond donors (Lipinski definition) is 2. The average molecular weight is 673 g/mol. The Bertz CT molecular complexity index is 1370. The van der Waals surface area contributed by atoms with E-state index in [0.29, 0.717) is 0 Å². The summed E-state index contributed by atoms with van der Waals surface area (Å²) in [4.78, 5) is 0. The SMILES string of the molecule is CCCc1cc(Cc2ccc(N)cc2)ccc1CCCCCCCCCCCCCCCCc1ccc(Cc2ccc(N)cc2)cc1CCC. The highest BCUT2D eigenvalue weighted by Crippen LogP contribution is 2.22. The van der Waals surface area contributed by atoms with Gasteiger partial charge in [-0.2, -0.15) is 0 Å². The summed E-state index contributed by atoms with van der Waals surface area (Å²) in [6.45, 7) is 4.60. The zero-order valence-corrected chi connectivity index (χ0v) is 31.8. The van der Waals surface area contributed by atoms with Crippen LogP contribution < -0.4 is 11.5 Å². The lowest BCUT2D eigenvalue weighted by molar-refractivity contribution is 0.533. The monoisotopic (exact) mass is 673 g/mol. The summed E-state index contributed by atoms with van der Waals surface area (Å²) in [5.41, 5.74) is 25.2. The van der Waals surface area contributed by atoms with Crippen LogP contribution in [0.3, 0.4) is 0 Å². The standard InChI is InChI=1S/C48H68N2/c1-3-19-45-37-41(35-39-25-31-47(49)32-26-39)23-29-43(45)21-17-15-13-11-9-7-5-6-8-10-12-14-16-18-22-44-30-24-42(38-46(44)20-4-2)36-40-27-33-48(50)34-28-40/h23-34,37-38H,3-22,35-36,49-50H2,1-2H3. The number of unbranched alkanes of at least 4 members (excludes halogenated alkanes) is 13. The van der Waals surface area contributed by atoms with Crippen molar-refractivity contribution in [3.05, 3.63) is 129 Å². The maximum atomic E-state index is 5.87. The number of benzene rings is 4. The van der Waals surface area contributed by atoms with E-state index in [1.807, 2.05) is 24.3 Å². The highest BCUT2D eigenvalue weighted by molar-refractivity contribution is 5.43. The van der Waals surface area contributed by atoms with E-state index in [4.69, 9.17) is 11.5 Å². The predicted octanol–water partition coefficient (Wildman–Crippen LogP) is 13.2. The molecule has 4 N–H and O–H groups in total. The van der Waals surface area contributed by atoms with Gasteiger partial charge < -0.3 is 11.5 Å². The summed E-state index contributed by atoms with van der Waals surface area (Å²) >= 11 is 0. The van der Waals surface area contributed by atoms with Gasteiger partial charge in [-0.25, -0.2) is 0 Å². The Morgan fingerprint density at radius 2 is 0.620 bits per heavy atom. The fourth-order valence-electron chi connectivity index (χ4n) is 7.56. The van der Waals surface area contributed by atoms with E-state index >= 15 is 0 Å². The first kappa shape index (κ1) is 39.3. The van der Waals surface area contributed by atoms with Crippen molar-refractivity contribution < 1.29 is 0 Å². The molecule has 4 rings (SSSR count). The van der Waals surface area contributed by atoms with Gasteiger partial charge in [0, 0.05) is 11.4 Å². The molecular formula is C48H68N2. The van der Waals surface area contributed by atoms with Crippen molar-refractivity contribution in [1.29, 1.82) is 0 Å². The zero-order valence-electron chi connectivity index (χ0n) is 31.8. The molecular weight excluding hydrogens is 605 g/mol. The minimum Gasteiger partial charge on any atom is -0.399 e. The van der Waals surface area contributed by atoms with E-state index in [-0.39, 0.29) is 0 Å². The second-order valence-corrected chi connectivity index (χ2v) is 15.0. The predicted molar refractivity (Wildman–Crippen MR) is 220 cm³/mol. The minimum absolute atomic E-state index is 0.838. The summed E-state index contributed by atoms with van der Waals surface area (Å²) in [6, 6.07) is 31.1. The minimum atomic E-state index is 0.838. The summed E-state index contributed by atoms with van der Waals surface area (Å²) in [6.07, 6.45) is 28.8. The third kappa shape index (κ3) is 14.8. The molecule has 2 nitrogen and oxygen atoms in total. The van der Waals surface area contributed by atoms with Gasteiger partial charge >= 0.3 is 0 Å². The highest BCUT2D eigenvalue weighted by Gasteiger charge is 2.07. The van der Waals surface area contributed by atoms with Crippen molar-refractivity contribution in [2.24, 2.45) is 0 Å². The third-order valence-corrected chi connectivity index (χ3v) is 10.5. The molecule has 0 aliphatic rings. The van der Waals surface area contributed by atoms with Gasteiger partial charge in [0.1, 0.15) is 0 Å². The van der Waals surface area contributed by atoms with Gasteiger partial charge in [0.05, 0.1) is 0 Å². The smallest absolute Gasteiger partial charge is 0.0314 e. The quantitative estimate of drug-likeness (QED) is 0.0544. The van der Waals surface area contributed by atoms with Crippen molar-refractivity contribution in [2.75, 3.05) is 11.5 Å². The van der Waals surface area contributed by atoms with E-state index in [9.17, 15) is 0 Å². The Morgan fingerprint density at radius 3 is 0.940 bits per heavy atom. The number of nitrogens with two attached hydrogens (primary N) is 2. The molecule has 0 fully saturated rings. The van der Waals surface area contributed by atoms with Gasteiger partial charge in [0.25, 0.3) is 0 Å². The van der Waals surface area contributed by atoms with Crippen LogP contribution in [0, 0.1) is 0 Å². The molecule has 0 unspecified atom stereocenters. The van der Waals surface area contributed by atoms with Crippen LogP contribution in [0.15, 0.2) is 84.9 Å². The lowest BCUT2D eigenvalue weighted by Gasteiger charge is -2.12. The highest BCUT2D eigenvalue weighted by atomic mass is 14.5. The lowest BCUT2D eigenvalue weighted by Crippen LogP contribution is -1.98. The van der Waals surface area contributed by atoms with Gasteiger partial charge in [0.2, 0.25) is 0 Å². The molecule has 0 radical (unpaired) electrons. The van der Waals surface area contributed by atoms with E-state index in [1.165, 1.54) is 151 Å². The number of hydrogen-bond acceptors (Lipinski definition) is 2. The summed E-state index contributed by atoms with van der Waals surface area (Å²) in [7, 11) is 0. The van der Waals surface area contributed by atoms with Gasteiger partial charge in [-0.15, -0.1) is 0 Å². The van der Waals surface area contributed by atoms with Gasteiger partial charge in [-0.3, -0.25) is 0 Å². The molecule has 0 aliphatic heterocycles. The Kier molecular flexibility index (Phi) is 18.1. The van der Waals surface area contributed by atoms with E-state index < -0.39 is 0 Å². The van der Waals surface area contributed by atoms with Crippen LogP contribution >= 0.6 is 0 Å². The fourth-order valence-corrected chi connectivity index (χ4v) is 7.56. The lowest BCUT2D eigenvalue weighted by atomic mass is 9.93. The molecule has 0 heterocycles. The molecule has 0 spiro atoms. The molecule has 0 saturated carbocycles. The molecule has 4 aromatic carbocycles. The fraction of sp³-hybridized carbons (Fsp3) is 0.500. The van der Waals surface area contributed by atoms with Crippen LogP contribution in [0.5, 0.6) is 0 Å². The first-order valence-electron chi connectivity index (χ1n) is 20.4. The molecule has 0 aromatic heterocycles. The number of aryl methyl sites for hydroxylation is 4. The molecule has 4 aromatic rings. The van der Waals surface area contributed by atoms with E-state index in [1.54, 1.807) is 22.3 Å². The molecule has 50 heavy (non-hydrogen) atoms. The molecule has 0 saturated heterocycles. The van der Waals surface area contributed by atoms with Crippen LogP contribution in [-0.2, 0) is 38.5 Å². The van der Waals surface area contributed by atoms with Crippen molar-refractivity contribution in [3.8, 4) is 0 Å². The van der Waals surface area contributed by atoms with E-state index in [0.717, 1.165) is 24.2 Å². The first-order chi connectivity index (χ1) is 24.5. The van der Waals surface area contributed by atoms with Crippen LogP contribution in [0.4, 0.5) is 11.4 Å². The van der Waals surface area contributed by atoms with Crippen molar-refractivity contribution in [3.63, 3.8) is 0 Å². The Labute approximate surface area is 306 Å². The van der Waals surface area contributed by atoms with Crippen molar-refractivity contribution >= 4 is 11.4 Å². The number of nitrogen functional groups attached to an aromatic ring is 2. The maximum Gasteiger partial charge on any atom is 0.0314 e. The van der Waals surface area contributed by atoms with Crippen LogP contribution in [0.1, 0.15) is 161 Å².